The predicted octanol–water partition coefficient (Wildman–Crippen LogP) is 0.311. The van der Waals surface area contributed by atoms with Crippen molar-refractivity contribution in [2.75, 3.05) is 6.54 Å². The first-order chi connectivity index (χ1) is 9.52. The molecule has 0 saturated carbocycles. The van der Waals surface area contributed by atoms with Gasteiger partial charge < -0.3 is 10.3 Å². The first-order valence-corrected chi connectivity index (χ1v) is 8.44. The fourth-order valence-corrected chi connectivity index (χ4v) is 5.14. The number of aryl methyl sites for hydroxylation is 1. The Morgan fingerprint density at radius 1 is 1.45 bits per heavy atom. The number of thiophene rings is 1. The number of hydrogen-bond acceptors (Lipinski definition) is 6. The van der Waals surface area contributed by atoms with E-state index < -0.39 is 10.0 Å². The molecule has 2 aromatic heterocycles. The largest absolute Gasteiger partial charge is 0.326 e. The monoisotopic (exact) mass is 313 g/mol. The minimum atomic E-state index is -3.50. The summed E-state index contributed by atoms with van der Waals surface area (Å²) < 4.78 is 28.7. The van der Waals surface area contributed by atoms with Crippen LogP contribution in [-0.2, 0) is 29.7 Å². The third-order valence-corrected chi connectivity index (χ3v) is 6.52. The van der Waals surface area contributed by atoms with E-state index in [0.29, 0.717) is 30.4 Å². The second-order valence-electron chi connectivity index (χ2n) is 4.62. The summed E-state index contributed by atoms with van der Waals surface area (Å²) in [4.78, 5) is 2.01. The number of aromatic nitrogens is 3. The summed E-state index contributed by atoms with van der Waals surface area (Å²) in [6, 6.07) is 1.68. The smallest absolute Gasteiger partial charge is 0.244 e. The molecule has 1 aliphatic heterocycles. The Labute approximate surface area is 121 Å². The zero-order valence-electron chi connectivity index (χ0n) is 11.0. The van der Waals surface area contributed by atoms with Gasteiger partial charge in [0.15, 0.2) is 0 Å². The van der Waals surface area contributed by atoms with Crippen LogP contribution in [0, 0.1) is 6.92 Å². The molecule has 0 fully saturated rings. The Balaban J connectivity index is 1.95. The van der Waals surface area contributed by atoms with Crippen molar-refractivity contribution in [2.24, 2.45) is 5.73 Å². The molecule has 2 aromatic rings. The lowest BCUT2D eigenvalue weighted by atomic mass is 10.4. The summed E-state index contributed by atoms with van der Waals surface area (Å²) in [6.07, 6.45) is 1.63. The Morgan fingerprint density at radius 3 is 2.95 bits per heavy atom. The number of rotatable bonds is 3. The summed E-state index contributed by atoms with van der Waals surface area (Å²) in [5.41, 5.74) is 5.58. The van der Waals surface area contributed by atoms with E-state index in [4.69, 9.17) is 5.73 Å². The Morgan fingerprint density at radius 2 is 2.25 bits per heavy atom. The van der Waals surface area contributed by atoms with Crippen LogP contribution in [-0.4, -0.2) is 34.0 Å². The quantitative estimate of drug-likeness (QED) is 0.880. The molecule has 20 heavy (non-hydrogen) atoms. The maximum atomic E-state index is 12.7. The van der Waals surface area contributed by atoms with Crippen LogP contribution in [0.3, 0.4) is 0 Å². The highest BCUT2D eigenvalue weighted by Gasteiger charge is 2.31. The second-order valence-corrected chi connectivity index (χ2v) is 7.86. The number of sulfonamides is 1. The zero-order valence-corrected chi connectivity index (χ0v) is 12.6. The van der Waals surface area contributed by atoms with E-state index in [1.807, 2.05) is 11.5 Å². The van der Waals surface area contributed by atoms with E-state index >= 15 is 0 Å². The maximum Gasteiger partial charge on any atom is 0.244 e. The van der Waals surface area contributed by atoms with Gasteiger partial charge in [-0.3, -0.25) is 0 Å². The molecular formula is C11H15N5O2S2. The van der Waals surface area contributed by atoms with Gasteiger partial charge in [-0.15, -0.1) is 21.5 Å². The van der Waals surface area contributed by atoms with Crippen LogP contribution >= 0.6 is 11.3 Å². The number of fused-ring (bicyclic) bond motifs is 1. The lowest BCUT2D eigenvalue weighted by Crippen LogP contribution is -2.38. The zero-order chi connectivity index (χ0) is 14.3. The predicted molar refractivity (Wildman–Crippen MR) is 74.6 cm³/mol. The highest BCUT2D eigenvalue weighted by molar-refractivity contribution is 7.89. The molecule has 0 atom stereocenters. The van der Waals surface area contributed by atoms with Gasteiger partial charge in [0.2, 0.25) is 10.0 Å². The summed E-state index contributed by atoms with van der Waals surface area (Å²) >= 11 is 1.43. The first kappa shape index (κ1) is 13.7. The molecule has 0 saturated heterocycles. The van der Waals surface area contributed by atoms with Gasteiger partial charge in [-0.1, -0.05) is 0 Å². The highest BCUT2D eigenvalue weighted by Crippen LogP contribution is 2.29. The molecule has 9 heteroatoms. The topological polar surface area (TPSA) is 94.1 Å². The number of nitrogens with two attached hydrogens (primary N) is 1. The van der Waals surface area contributed by atoms with Crippen molar-refractivity contribution in [1.82, 2.24) is 19.1 Å². The molecule has 7 nitrogen and oxygen atoms in total. The van der Waals surface area contributed by atoms with Crippen LogP contribution < -0.4 is 5.73 Å². The van der Waals surface area contributed by atoms with Crippen molar-refractivity contribution in [3.63, 3.8) is 0 Å². The molecule has 2 N–H and O–H groups in total. The van der Waals surface area contributed by atoms with E-state index in [0.717, 1.165) is 9.75 Å². The van der Waals surface area contributed by atoms with Gasteiger partial charge >= 0.3 is 0 Å². The van der Waals surface area contributed by atoms with Crippen LogP contribution in [0.5, 0.6) is 0 Å². The summed E-state index contributed by atoms with van der Waals surface area (Å²) in [6.45, 7) is 3.43. The molecule has 1 aliphatic rings. The normalized spacial score (nSPS) is 16.3. The number of nitrogens with zero attached hydrogens (tertiary/aromatic N) is 4. The molecule has 0 spiro atoms. The van der Waals surface area contributed by atoms with Gasteiger partial charge in [0, 0.05) is 29.4 Å². The molecule has 3 heterocycles. The minimum Gasteiger partial charge on any atom is -0.326 e. The third kappa shape index (κ3) is 2.16. The lowest BCUT2D eigenvalue weighted by Gasteiger charge is -2.26. The molecule has 0 aliphatic carbocycles. The van der Waals surface area contributed by atoms with Crippen molar-refractivity contribution < 1.29 is 8.42 Å². The molecule has 3 rings (SSSR count). The highest BCUT2D eigenvalue weighted by atomic mass is 32.2. The van der Waals surface area contributed by atoms with E-state index in [1.165, 1.54) is 15.6 Å². The van der Waals surface area contributed by atoms with Crippen LogP contribution in [0.15, 0.2) is 17.3 Å². The van der Waals surface area contributed by atoms with Gasteiger partial charge in [0.05, 0.1) is 11.4 Å². The van der Waals surface area contributed by atoms with Gasteiger partial charge in [0.1, 0.15) is 12.2 Å². The Kier molecular flexibility index (Phi) is 3.36. The van der Waals surface area contributed by atoms with Gasteiger partial charge in [0.25, 0.3) is 0 Å². The molecule has 0 radical (unpaired) electrons. The van der Waals surface area contributed by atoms with Crippen LogP contribution in [0.25, 0.3) is 0 Å². The third-order valence-electron chi connectivity index (χ3n) is 3.35. The van der Waals surface area contributed by atoms with Crippen LogP contribution in [0.1, 0.15) is 15.6 Å². The Hall–Kier alpha value is -1.29. The van der Waals surface area contributed by atoms with E-state index in [-0.39, 0.29) is 6.54 Å². The molecule has 0 unspecified atom stereocenters. The number of hydrogen-bond donors (Lipinski definition) is 1. The fourth-order valence-electron chi connectivity index (χ4n) is 2.27. The van der Waals surface area contributed by atoms with Crippen LogP contribution in [0.4, 0.5) is 0 Å². The SMILES string of the molecule is Cc1sc(CN)cc1S(=O)(=O)N1CCn2cnnc2C1. The van der Waals surface area contributed by atoms with E-state index in [2.05, 4.69) is 10.2 Å². The van der Waals surface area contributed by atoms with E-state index in [9.17, 15) is 8.42 Å². The maximum absolute atomic E-state index is 12.7. The average molecular weight is 313 g/mol. The fraction of sp³-hybridized carbons (Fsp3) is 0.455. The van der Waals surface area contributed by atoms with Crippen molar-refractivity contribution >= 4 is 21.4 Å². The molecule has 0 bridgehead atoms. The summed E-state index contributed by atoms with van der Waals surface area (Å²) in [5.74, 6) is 0.673. The standard InChI is InChI=1S/C11H15N5O2S2/c1-8-10(4-9(5-12)19-8)20(17,18)16-3-2-15-7-13-14-11(15)6-16/h4,7H,2-3,5-6,12H2,1H3. The second kappa shape index (κ2) is 4.92. The molecular weight excluding hydrogens is 298 g/mol. The van der Waals surface area contributed by atoms with E-state index in [1.54, 1.807) is 12.4 Å². The van der Waals surface area contributed by atoms with Gasteiger partial charge in [-0.05, 0) is 13.0 Å². The lowest BCUT2D eigenvalue weighted by molar-refractivity contribution is 0.335. The van der Waals surface area contributed by atoms with Gasteiger partial charge in [-0.25, -0.2) is 8.42 Å². The minimum absolute atomic E-state index is 0.260. The first-order valence-electron chi connectivity index (χ1n) is 6.18. The molecule has 0 amide bonds. The summed E-state index contributed by atoms with van der Waals surface area (Å²) in [5, 5.41) is 7.75. The molecule has 0 aromatic carbocycles. The molecule has 108 valence electrons. The average Bonchev–Trinajstić information content (AvgIpc) is 3.03. The van der Waals surface area contributed by atoms with Gasteiger partial charge in [-0.2, -0.15) is 4.31 Å². The van der Waals surface area contributed by atoms with Crippen molar-refractivity contribution in [3.05, 3.63) is 28.0 Å². The van der Waals surface area contributed by atoms with Crippen molar-refractivity contribution in [3.8, 4) is 0 Å². The van der Waals surface area contributed by atoms with Crippen molar-refractivity contribution in [2.45, 2.75) is 31.5 Å². The summed E-state index contributed by atoms with van der Waals surface area (Å²) in [7, 11) is -3.50. The van der Waals surface area contributed by atoms with Crippen LogP contribution in [0.2, 0.25) is 0 Å². The Bertz CT molecular complexity index is 734. The van der Waals surface area contributed by atoms with Crippen molar-refractivity contribution in [1.29, 1.82) is 0 Å².